The molecule has 286 valence electrons. The van der Waals surface area contributed by atoms with Crippen LogP contribution in [0.15, 0.2) is 59.6 Å². The van der Waals surface area contributed by atoms with E-state index in [2.05, 4.69) is 31.8 Å². The van der Waals surface area contributed by atoms with Gasteiger partial charge in [0.2, 0.25) is 23.4 Å². The molecule has 2 bridgehead atoms. The van der Waals surface area contributed by atoms with Crippen molar-refractivity contribution in [3.8, 4) is 0 Å². The Hall–Kier alpha value is -6.11. The number of nitrogens with zero attached hydrogens (tertiary/aromatic N) is 2. The van der Waals surface area contributed by atoms with Crippen LogP contribution >= 0.6 is 0 Å². The molecule has 2 aromatic rings. The van der Waals surface area contributed by atoms with Crippen molar-refractivity contribution in [1.82, 2.24) is 26.8 Å². The maximum absolute atomic E-state index is 13.3. The summed E-state index contributed by atoms with van der Waals surface area (Å²) in [7, 11) is 0. The number of nitrogens with one attached hydrogen (secondary N) is 5. The summed E-state index contributed by atoms with van der Waals surface area (Å²) in [5.74, 6) is -5.53. The molecule has 0 saturated carbocycles. The van der Waals surface area contributed by atoms with Crippen molar-refractivity contribution in [2.24, 2.45) is 16.5 Å². The summed E-state index contributed by atoms with van der Waals surface area (Å²) in [6, 6.07) is 9.32. The van der Waals surface area contributed by atoms with Crippen molar-refractivity contribution in [3.05, 3.63) is 76.9 Å². The van der Waals surface area contributed by atoms with Crippen molar-refractivity contribution in [3.63, 3.8) is 0 Å². The molecule has 2 aromatic carbocycles. The van der Waals surface area contributed by atoms with Crippen molar-refractivity contribution in [2.45, 2.75) is 63.7 Å². The molecule has 2 heterocycles. The van der Waals surface area contributed by atoms with Crippen LogP contribution in [0, 0.1) is 0 Å². The number of anilines is 1. The van der Waals surface area contributed by atoms with E-state index >= 15 is 0 Å². The van der Waals surface area contributed by atoms with E-state index in [1.807, 2.05) is 0 Å². The molecule has 0 aliphatic carbocycles. The van der Waals surface area contributed by atoms with Gasteiger partial charge in [-0.05, 0) is 60.6 Å². The van der Waals surface area contributed by atoms with Gasteiger partial charge in [0.1, 0.15) is 6.04 Å². The molecule has 2 aliphatic rings. The minimum Gasteiger partial charge on any atom is -0.481 e. The highest BCUT2D eigenvalue weighted by Crippen LogP contribution is 2.20. The van der Waals surface area contributed by atoms with Crippen LogP contribution in [0.4, 0.5) is 5.69 Å². The summed E-state index contributed by atoms with van der Waals surface area (Å²) in [5.41, 5.74) is 19.0. The highest BCUT2D eigenvalue weighted by Gasteiger charge is 2.28. The molecule has 18 heteroatoms. The van der Waals surface area contributed by atoms with Crippen molar-refractivity contribution >= 4 is 58.6 Å². The first-order chi connectivity index (χ1) is 25.8. The van der Waals surface area contributed by atoms with Gasteiger partial charge in [-0.2, -0.15) is 0 Å². The zero-order valence-corrected chi connectivity index (χ0v) is 29.4. The second-order valence-electron chi connectivity index (χ2n) is 12.6. The molecule has 54 heavy (non-hydrogen) atoms. The SMILES string of the molecule is NC(N)=NCCC[C@@H]1NCC(=O)c2ccc(CNC(=O)CCCc3ccc(N4C(=O)C=CC4=O)cc3)c(c2)CNN[C@H](CC(=O)O)C(=O)NCC(=O)C1=O. The maximum atomic E-state index is 13.3. The number of imide groups is 1. The zero-order chi connectivity index (χ0) is 39.2. The first-order valence-corrected chi connectivity index (χ1v) is 17.2. The van der Waals surface area contributed by atoms with Crippen LogP contribution in [0.3, 0.4) is 0 Å². The Morgan fingerprint density at radius 1 is 0.889 bits per heavy atom. The van der Waals surface area contributed by atoms with Gasteiger partial charge < -0.3 is 27.2 Å². The average Bonchev–Trinajstić information content (AvgIpc) is 3.48. The summed E-state index contributed by atoms with van der Waals surface area (Å²) in [6.45, 7) is -0.714. The number of hydrogen-bond donors (Lipinski definition) is 8. The Balaban J connectivity index is 1.42. The Bertz CT molecular complexity index is 1820. The number of nitrogens with two attached hydrogens (primary N) is 2. The van der Waals surface area contributed by atoms with E-state index in [9.17, 15) is 43.5 Å². The summed E-state index contributed by atoms with van der Waals surface area (Å²) in [5, 5.41) is 17.4. The Morgan fingerprint density at radius 3 is 2.30 bits per heavy atom. The Labute approximate surface area is 310 Å². The smallest absolute Gasteiger partial charge is 0.305 e. The van der Waals surface area contributed by atoms with Crippen LogP contribution in [0.25, 0.3) is 0 Å². The summed E-state index contributed by atoms with van der Waals surface area (Å²) < 4.78 is 0. The fourth-order valence-electron chi connectivity index (χ4n) is 5.71. The number of amides is 4. The van der Waals surface area contributed by atoms with E-state index in [4.69, 9.17) is 11.5 Å². The van der Waals surface area contributed by atoms with Gasteiger partial charge in [-0.1, -0.05) is 24.3 Å². The first-order valence-electron chi connectivity index (χ1n) is 17.2. The number of aliphatic carboxylic acids is 1. The average molecular weight is 746 g/mol. The predicted octanol–water partition coefficient (Wildman–Crippen LogP) is -1.34. The van der Waals surface area contributed by atoms with E-state index in [-0.39, 0.29) is 62.2 Å². The van der Waals surface area contributed by atoms with E-state index in [1.54, 1.807) is 42.5 Å². The number of rotatable bonds is 13. The second kappa shape index (κ2) is 19.6. The Morgan fingerprint density at radius 2 is 1.61 bits per heavy atom. The van der Waals surface area contributed by atoms with E-state index < -0.39 is 60.3 Å². The number of guanidine groups is 1. The molecule has 4 rings (SSSR count). The predicted molar refractivity (Wildman–Crippen MR) is 194 cm³/mol. The fourth-order valence-corrected chi connectivity index (χ4v) is 5.71. The molecule has 2 aliphatic heterocycles. The number of hydrogen-bond acceptors (Lipinski definition) is 12. The van der Waals surface area contributed by atoms with Crippen LogP contribution in [-0.2, 0) is 53.1 Å². The quantitative estimate of drug-likeness (QED) is 0.0387. The monoisotopic (exact) mass is 745 g/mol. The van der Waals surface area contributed by atoms with Gasteiger partial charge in [0, 0.05) is 43.8 Å². The van der Waals surface area contributed by atoms with Gasteiger partial charge in [0.25, 0.3) is 11.8 Å². The molecule has 10 N–H and O–H groups in total. The van der Waals surface area contributed by atoms with E-state index in [0.717, 1.165) is 10.5 Å². The zero-order valence-electron chi connectivity index (χ0n) is 29.4. The van der Waals surface area contributed by atoms with Crippen molar-refractivity contribution in [1.29, 1.82) is 0 Å². The third kappa shape index (κ3) is 12.0. The Kier molecular flexibility index (Phi) is 14.8. The van der Waals surface area contributed by atoms with Crippen LogP contribution in [0.2, 0.25) is 0 Å². The van der Waals surface area contributed by atoms with E-state index in [0.29, 0.717) is 36.1 Å². The number of carboxylic acid groups (broad SMARTS) is 1. The van der Waals surface area contributed by atoms with Crippen molar-refractivity contribution < 1.29 is 43.5 Å². The van der Waals surface area contributed by atoms with Crippen LogP contribution in [-0.4, -0.2) is 89.7 Å². The highest BCUT2D eigenvalue weighted by atomic mass is 16.4. The lowest BCUT2D eigenvalue weighted by atomic mass is 9.99. The number of carboxylic acids is 1. The van der Waals surface area contributed by atoms with Crippen LogP contribution in [0.1, 0.15) is 59.2 Å². The number of Topliss-reactive ketones (excluding diaryl/α,β-unsaturated/α-hetero) is 3. The molecule has 0 saturated heterocycles. The van der Waals surface area contributed by atoms with Gasteiger partial charge in [0.05, 0.1) is 31.2 Å². The number of benzene rings is 2. The summed E-state index contributed by atoms with van der Waals surface area (Å²) in [6.07, 6.45) is 3.46. The van der Waals surface area contributed by atoms with E-state index in [1.165, 1.54) is 12.2 Å². The standard InChI is InChI=1S/C36H43N9O9/c37-36(38)39-14-2-4-26-34(53)29(47)20-42-35(54)27(16-33(51)52)44-43-18-24-15-22(28(46)19-40-26)8-9-23(24)17-41-30(48)5-1-3-21-6-10-25(11-7-21)45-31(49)12-13-32(45)50/h6-13,15,26-27,40,43-44H,1-5,14,16-20H2,(H,41,48)(H,42,54)(H,51,52)(H4,37,38,39)/t26-,27+/m0/s1. The molecule has 0 radical (unpaired) electrons. The number of aliphatic imine (C=N–C) groups is 1. The topological polar surface area (TPSA) is 285 Å². The van der Waals surface area contributed by atoms with Crippen LogP contribution < -0.4 is 43.2 Å². The lowest BCUT2D eigenvalue weighted by molar-refractivity contribution is -0.141. The molecule has 4 amide bonds. The maximum Gasteiger partial charge on any atom is 0.305 e. The minimum absolute atomic E-state index is 0.00860. The largest absolute Gasteiger partial charge is 0.481 e. The summed E-state index contributed by atoms with van der Waals surface area (Å²) >= 11 is 0. The number of carbonyl (C=O) groups is 8. The number of fused-ring (bicyclic) bond motifs is 2. The molecular weight excluding hydrogens is 702 g/mol. The summed E-state index contributed by atoms with van der Waals surface area (Å²) in [4.78, 5) is 105. The van der Waals surface area contributed by atoms with Crippen LogP contribution in [0.5, 0.6) is 0 Å². The third-order valence-electron chi connectivity index (χ3n) is 8.60. The lowest BCUT2D eigenvalue weighted by Crippen LogP contribution is -2.53. The van der Waals surface area contributed by atoms with Gasteiger partial charge in [-0.3, -0.25) is 54.1 Å². The highest BCUT2D eigenvalue weighted by molar-refractivity contribution is 6.40. The number of ketones is 3. The lowest BCUT2D eigenvalue weighted by Gasteiger charge is -2.20. The molecule has 0 fully saturated rings. The molecule has 0 aromatic heterocycles. The molecular formula is C36H43N9O9. The second-order valence-corrected chi connectivity index (χ2v) is 12.6. The van der Waals surface area contributed by atoms with Gasteiger partial charge >= 0.3 is 5.97 Å². The van der Waals surface area contributed by atoms with Gasteiger partial charge in [-0.25, -0.2) is 10.3 Å². The number of hydrazine groups is 1. The molecule has 2 atom stereocenters. The van der Waals surface area contributed by atoms with Gasteiger partial charge in [-0.15, -0.1) is 0 Å². The van der Waals surface area contributed by atoms with Crippen molar-refractivity contribution in [2.75, 3.05) is 24.5 Å². The molecule has 0 unspecified atom stereocenters. The number of aryl methyl sites for hydroxylation is 1. The molecule has 18 nitrogen and oxygen atoms in total. The third-order valence-corrected chi connectivity index (χ3v) is 8.60. The molecule has 0 spiro atoms. The minimum atomic E-state index is -1.34. The number of carbonyl (C=O) groups excluding carboxylic acids is 7. The first kappa shape index (κ1) is 40.7. The van der Waals surface area contributed by atoms with Gasteiger partial charge in [0.15, 0.2) is 11.7 Å². The fraction of sp³-hybridized carbons (Fsp3) is 0.361. The normalized spacial score (nSPS) is 18.4.